The van der Waals surface area contributed by atoms with Crippen LogP contribution in [0.1, 0.15) is 36.0 Å². The summed E-state index contributed by atoms with van der Waals surface area (Å²) in [5.41, 5.74) is 0.881. The van der Waals surface area contributed by atoms with Crippen molar-refractivity contribution in [2.24, 2.45) is 0 Å². The highest BCUT2D eigenvalue weighted by Gasteiger charge is 2.33. The minimum Gasteiger partial charge on any atom is -0.312 e. The van der Waals surface area contributed by atoms with E-state index in [1.807, 2.05) is 13.0 Å². The smallest absolute Gasteiger partial charge is 0.244 e. The fourth-order valence-corrected chi connectivity index (χ4v) is 5.75. The number of piperidine rings is 1. The summed E-state index contributed by atoms with van der Waals surface area (Å²) in [5, 5.41) is 12.2. The lowest BCUT2D eigenvalue weighted by Crippen LogP contribution is -2.39. The van der Waals surface area contributed by atoms with Gasteiger partial charge in [-0.15, -0.1) is 10.2 Å². The predicted molar refractivity (Wildman–Crippen MR) is 98.7 cm³/mol. The summed E-state index contributed by atoms with van der Waals surface area (Å²) in [7, 11) is -3.58. The molecule has 0 atom stereocenters. The Labute approximate surface area is 158 Å². The van der Waals surface area contributed by atoms with Crippen molar-refractivity contribution in [3.8, 4) is 0 Å². The quantitative estimate of drug-likeness (QED) is 0.858. The molecule has 3 heterocycles. The number of fused-ring (bicyclic) bond motifs is 1. The van der Waals surface area contributed by atoms with Crippen LogP contribution in [0.3, 0.4) is 0 Å². The maximum atomic E-state index is 13.0. The first-order valence-corrected chi connectivity index (χ1v) is 10.7. The number of aryl methyl sites for hydroxylation is 1. The van der Waals surface area contributed by atoms with E-state index in [-0.39, 0.29) is 15.8 Å². The van der Waals surface area contributed by atoms with Gasteiger partial charge in [-0.1, -0.05) is 17.7 Å². The second-order valence-corrected chi connectivity index (χ2v) is 9.23. The third-order valence-electron chi connectivity index (χ3n) is 5.17. The van der Waals surface area contributed by atoms with Gasteiger partial charge in [-0.25, -0.2) is 8.42 Å². The van der Waals surface area contributed by atoms with Crippen LogP contribution < -0.4 is 5.32 Å². The Kier molecular flexibility index (Phi) is 4.77. The summed E-state index contributed by atoms with van der Waals surface area (Å²) in [6, 6.07) is 5.11. The zero-order chi connectivity index (χ0) is 18.3. The van der Waals surface area contributed by atoms with Gasteiger partial charge < -0.3 is 9.88 Å². The van der Waals surface area contributed by atoms with E-state index in [1.165, 1.54) is 0 Å². The lowest BCUT2D eigenvalue weighted by molar-refractivity contribution is 0.307. The third-order valence-corrected chi connectivity index (χ3v) is 7.56. The molecule has 2 aliphatic rings. The monoisotopic (exact) mass is 395 g/mol. The molecule has 0 spiro atoms. The Morgan fingerprint density at radius 1 is 1.19 bits per heavy atom. The summed E-state index contributed by atoms with van der Waals surface area (Å²) in [4.78, 5) is 0.198. The van der Waals surface area contributed by atoms with E-state index in [4.69, 9.17) is 11.6 Å². The van der Waals surface area contributed by atoms with Gasteiger partial charge in [-0.2, -0.15) is 4.31 Å². The molecule has 0 radical (unpaired) electrons. The minimum atomic E-state index is -3.58. The molecular formula is C17H22ClN5O2S. The number of nitrogens with zero attached hydrogens (tertiary/aromatic N) is 4. The van der Waals surface area contributed by atoms with Crippen molar-refractivity contribution in [3.63, 3.8) is 0 Å². The van der Waals surface area contributed by atoms with Crippen LogP contribution in [0.2, 0.25) is 5.02 Å². The Morgan fingerprint density at radius 3 is 2.73 bits per heavy atom. The first kappa shape index (κ1) is 17.9. The molecule has 1 fully saturated rings. The van der Waals surface area contributed by atoms with Gasteiger partial charge in [0.1, 0.15) is 16.5 Å². The number of nitrogens with one attached hydrogen (secondary N) is 1. The van der Waals surface area contributed by atoms with Crippen molar-refractivity contribution in [1.82, 2.24) is 24.4 Å². The minimum absolute atomic E-state index is 0.198. The average Bonchev–Trinajstić information content (AvgIpc) is 3.08. The molecule has 2 aromatic rings. The van der Waals surface area contributed by atoms with Crippen molar-refractivity contribution in [2.45, 2.75) is 43.7 Å². The van der Waals surface area contributed by atoms with E-state index in [2.05, 4.69) is 20.1 Å². The molecule has 0 bridgehead atoms. The summed E-state index contributed by atoms with van der Waals surface area (Å²) >= 11 is 6.16. The maximum Gasteiger partial charge on any atom is 0.244 e. The molecule has 1 N–H and O–H groups in total. The van der Waals surface area contributed by atoms with Crippen LogP contribution in [0.15, 0.2) is 23.1 Å². The number of hydrogen-bond donors (Lipinski definition) is 1. The molecule has 2 aliphatic heterocycles. The van der Waals surface area contributed by atoms with Crippen molar-refractivity contribution < 1.29 is 8.42 Å². The van der Waals surface area contributed by atoms with Gasteiger partial charge in [0.15, 0.2) is 0 Å². The number of rotatable bonds is 3. The van der Waals surface area contributed by atoms with Crippen LogP contribution in [0.4, 0.5) is 0 Å². The number of benzene rings is 1. The lowest BCUT2D eigenvalue weighted by atomic mass is 9.97. The van der Waals surface area contributed by atoms with E-state index in [1.54, 1.807) is 16.4 Å². The molecule has 1 saturated heterocycles. The molecule has 7 nitrogen and oxygen atoms in total. The van der Waals surface area contributed by atoms with Crippen molar-refractivity contribution in [2.75, 3.05) is 19.6 Å². The normalized spacial score (nSPS) is 19.5. The van der Waals surface area contributed by atoms with Crippen LogP contribution in [-0.2, 0) is 23.1 Å². The van der Waals surface area contributed by atoms with E-state index < -0.39 is 10.0 Å². The first-order chi connectivity index (χ1) is 12.5. The first-order valence-electron chi connectivity index (χ1n) is 8.86. The van der Waals surface area contributed by atoms with Gasteiger partial charge in [0.2, 0.25) is 10.0 Å². The van der Waals surface area contributed by atoms with Gasteiger partial charge in [0.25, 0.3) is 0 Å². The molecule has 26 heavy (non-hydrogen) atoms. The number of aromatic nitrogens is 3. The molecule has 1 aromatic heterocycles. The molecule has 0 aliphatic carbocycles. The van der Waals surface area contributed by atoms with Gasteiger partial charge >= 0.3 is 0 Å². The molecule has 4 rings (SSSR count). The van der Waals surface area contributed by atoms with Crippen molar-refractivity contribution >= 4 is 21.6 Å². The van der Waals surface area contributed by atoms with Gasteiger partial charge in [-0.3, -0.25) is 0 Å². The summed E-state index contributed by atoms with van der Waals surface area (Å²) in [6.45, 7) is 5.33. The molecular weight excluding hydrogens is 374 g/mol. The van der Waals surface area contributed by atoms with E-state index in [9.17, 15) is 8.42 Å². The third kappa shape index (κ3) is 3.15. The second-order valence-electron chi connectivity index (χ2n) is 6.92. The number of hydrogen-bond acceptors (Lipinski definition) is 5. The van der Waals surface area contributed by atoms with Crippen LogP contribution in [0, 0.1) is 6.92 Å². The lowest BCUT2D eigenvalue weighted by Gasteiger charge is -2.31. The molecule has 140 valence electrons. The standard InChI is InChI=1S/C17H22ClN5O2S/c1-12-2-3-14(18)15(10-12)26(24,25)22-7-4-13(5-8-22)17-21-20-16-11-19-6-9-23(16)17/h2-3,10,13,19H,4-9,11H2,1H3. The Morgan fingerprint density at radius 2 is 1.96 bits per heavy atom. The fraction of sp³-hybridized carbons (Fsp3) is 0.529. The van der Waals surface area contributed by atoms with Crippen molar-refractivity contribution in [3.05, 3.63) is 40.4 Å². The largest absolute Gasteiger partial charge is 0.312 e. The molecule has 9 heteroatoms. The number of halogens is 1. The zero-order valence-electron chi connectivity index (χ0n) is 14.7. The van der Waals surface area contributed by atoms with Crippen LogP contribution in [0.25, 0.3) is 0 Å². The van der Waals surface area contributed by atoms with E-state index >= 15 is 0 Å². The predicted octanol–water partition coefficient (Wildman–Crippen LogP) is 1.91. The highest BCUT2D eigenvalue weighted by molar-refractivity contribution is 7.89. The molecule has 1 aromatic carbocycles. The zero-order valence-corrected chi connectivity index (χ0v) is 16.2. The fourth-order valence-electron chi connectivity index (χ4n) is 3.72. The SMILES string of the molecule is Cc1ccc(Cl)c(S(=O)(=O)N2CCC(c3nnc4n3CCNC4)CC2)c1. The highest BCUT2D eigenvalue weighted by Crippen LogP contribution is 2.32. The van der Waals surface area contributed by atoms with Crippen LogP contribution in [-0.4, -0.2) is 47.1 Å². The molecule has 0 amide bonds. The van der Waals surface area contributed by atoms with E-state index in [0.717, 1.165) is 49.7 Å². The van der Waals surface area contributed by atoms with Gasteiger partial charge in [0.05, 0.1) is 11.6 Å². The average molecular weight is 396 g/mol. The summed E-state index contributed by atoms with van der Waals surface area (Å²) < 4.78 is 29.7. The second kappa shape index (κ2) is 6.92. The Balaban J connectivity index is 1.51. The topological polar surface area (TPSA) is 80.1 Å². The molecule has 0 unspecified atom stereocenters. The maximum absolute atomic E-state index is 13.0. The molecule has 0 saturated carbocycles. The highest BCUT2D eigenvalue weighted by atomic mass is 35.5. The van der Waals surface area contributed by atoms with Crippen LogP contribution >= 0.6 is 11.6 Å². The Bertz CT molecular complexity index is 919. The Hall–Kier alpha value is -1.48. The van der Waals surface area contributed by atoms with Crippen molar-refractivity contribution in [1.29, 1.82) is 0 Å². The van der Waals surface area contributed by atoms with Gasteiger partial charge in [0, 0.05) is 32.1 Å². The summed E-state index contributed by atoms with van der Waals surface area (Å²) in [5.74, 6) is 2.20. The van der Waals surface area contributed by atoms with E-state index in [0.29, 0.717) is 13.1 Å². The van der Waals surface area contributed by atoms with Crippen LogP contribution in [0.5, 0.6) is 0 Å². The number of sulfonamides is 1. The van der Waals surface area contributed by atoms with Gasteiger partial charge in [-0.05, 0) is 37.5 Å². The summed E-state index contributed by atoms with van der Waals surface area (Å²) in [6.07, 6.45) is 1.49.